The number of nitrogens with zero attached hydrogens (tertiary/aromatic N) is 2. The van der Waals surface area contributed by atoms with Gasteiger partial charge in [0.05, 0.1) is 16.7 Å². The highest BCUT2D eigenvalue weighted by atomic mass is 14.8. The van der Waals surface area contributed by atoms with E-state index in [2.05, 4.69) is 30.7 Å². The van der Waals surface area contributed by atoms with Gasteiger partial charge in [0.15, 0.2) is 0 Å². The van der Waals surface area contributed by atoms with Crippen molar-refractivity contribution < 1.29 is 0 Å². The van der Waals surface area contributed by atoms with Gasteiger partial charge in [-0.1, -0.05) is 32.9 Å². The van der Waals surface area contributed by atoms with Crippen LogP contribution < -0.4 is 0 Å². The minimum atomic E-state index is 0.261. The van der Waals surface area contributed by atoms with Crippen molar-refractivity contribution in [3.05, 3.63) is 36.2 Å². The van der Waals surface area contributed by atoms with Crippen molar-refractivity contribution in [3.8, 4) is 0 Å². The molecule has 0 saturated carbocycles. The third-order valence-electron chi connectivity index (χ3n) is 2.21. The van der Waals surface area contributed by atoms with Crippen molar-refractivity contribution in [1.82, 2.24) is 9.97 Å². The van der Waals surface area contributed by atoms with Crippen LogP contribution in [0.2, 0.25) is 0 Å². The first kappa shape index (κ1) is 10.1. The Bertz CT molecular complexity index is 469. The van der Waals surface area contributed by atoms with Crippen molar-refractivity contribution >= 4 is 11.0 Å². The van der Waals surface area contributed by atoms with E-state index in [4.69, 9.17) is 0 Å². The van der Waals surface area contributed by atoms with Crippen LogP contribution in [0.15, 0.2) is 30.5 Å². The summed E-state index contributed by atoms with van der Waals surface area (Å²) >= 11 is 0. The average Bonchev–Trinajstić information content (AvgIpc) is 2.15. The molecule has 0 aliphatic carbocycles. The van der Waals surface area contributed by atoms with E-state index in [9.17, 15) is 0 Å². The fourth-order valence-electron chi connectivity index (χ4n) is 1.62. The number of fused-ring (bicyclic) bond motifs is 1. The topological polar surface area (TPSA) is 25.8 Å². The van der Waals surface area contributed by atoms with Crippen LogP contribution in [0.25, 0.3) is 11.0 Å². The van der Waals surface area contributed by atoms with Gasteiger partial charge in [-0.2, -0.15) is 0 Å². The molecule has 1 aromatic heterocycles. The lowest BCUT2D eigenvalue weighted by Gasteiger charge is -2.17. The second-order valence-electron chi connectivity index (χ2n) is 5.09. The highest BCUT2D eigenvalue weighted by molar-refractivity contribution is 5.73. The number of hydrogen-bond donors (Lipinski definition) is 0. The highest BCUT2D eigenvalue weighted by Gasteiger charge is 2.12. The maximum absolute atomic E-state index is 4.60. The van der Waals surface area contributed by atoms with Gasteiger partial charge in [-0.05, 0) is 24.0 Å². The van der Waals surface area contributed by atoms with Crippen LogP contribution in [0.4, 0.5) is 0 Å². The molecule has 0 fully saturated rings. The molecule has 2 heteroatoms. The van der Waals surface area contributed by atoms with E-state index < -0.39 is 0 Å². The Kier molecular flexibility index (Phi) is 2.43. The normalized spacial score (nSPS) is 11.9. The van der Waals surface area contributed by atoms with Gasteiger partial charge in [0.2, 0.25) is 0 Å². The molecule has 2 rings (SSSR count). The molecule has 0 amide bonds. The average molecular weight is 200 g/mol. The minimum absolute atomic E-state index is 0.261. The van der Waals surface area contributed by atoms with Gasteiger partial charge in [0, 0.05) is 6.20 Å². The van der Waals surface area contributed by atoms with E-state index in [1.807, 2.05) is 30.5 Å². The molecule has 1 aromatic carbocycles. The SMILES string of the molecule is CC(C)(C)Cc1cnc2ccccc2n1. The van der Waals surface area contributed by atoms with Crippen LogP contribution in [0.1, 0.15) is 26.5 Å². The van der Waals surface area contributed by atoms with Crippen LogP contribution in [0.3, 0.4) is 0 Å². The minimum Gasteiger partial charge on any atom is -0.253 e. The molecule has 15 heavy (non-hydrogen) atoms. The molecule has 1 heterocycles. The Morgan fingerprint density at radius 3 is 2.40 bits per heavy atom. The molecule has 0 aliphatic rings. The quantitative estimate of drug-likeness (QED) is 0.706. The fraction of sp³-hybridized carbons (Fsp3) is 0.385. The highest BCUT2D eigenvalue weighted by Crippen LogP contribution is 2.20. The van der Waals surface area contributed by atoms with Gasteiger partial charge < -0.3 is 0 Å². The summed E-state index contributed by atoms with van der Waals surface area (Å²) in [5.41, 5.74) is 3.28. The van der Waals surface area contributed by atoms with E-state index in [0.29, 0.717) is 0 Å². The molecule has 2 nitrogen and oxygen atoms in total. The summed E-state index contributed by atoms with van der Waals surface area (Å²) in [4.78, 5) is 9.00. The smallest absolute Gasteiger partial charge is 0.0890 e. The Balaban J connectivity index is 2.39. The molecule has 0 spiro atoms. The van der Waals surface area contributed by atoms with Gasteiger partial charge in [0.1, 0.15) is 0 Å². The first-order valence-corrected chi connectivity index (χ1v) is 5.25. The first-order valence-electron chi connectivity index (χ1n) is 5.25. The summed E-state index contributed by atoms with van der Waals surface area (Å²) in [6.45, 7) is 6.64. The molecule has 0 bridgehead atoms. The van der Waals surface area contributed by atoms with Gasteiger partial charge in [0.25, 0.3) is 0 Å². The molecule has 0 radical (unpaired) electrons. The standard InChI is InChI=1S/C13H16N2/c1-13(2,3)8-10-9-14-11-6-4-5-7-12(11)15-10/h4-7,9H,8H2,1-3H3. The van der Waals surface area contributed by atoms with Crippen LogP contribution in [0, 0.1) is 5.41 Å². The monoisotopic (exact) mass is 200 g/mol. The summed E-state index contributed by atoms with van der Waals surface area (Å²) in [6.07, 6.45) is 2.85. The molecule has 0 saturated heterocycles. The summed E-state index contributed by atoms with van der Waals surface area (Å²) < 4.78 is 0. The third kappa shape index (κ3) is 2.52. The predicted octanol–water partition coefficient (Wildman–Crippen LogP) is 3.22. The zero-order valence-electron chi connectivity index (χ0n) is 9.49. The summed E-state index contributed by atoms with van der Waals surface area (Å²) in [5, 5.41) is 0. The van der Waals surface area contributed by atoms with Crippen molar-refractivity contribution in [2.45, 2.75) is 27.2 Å². The second-order valence-corrected chi connectivity index (χ2v) is 5.09. The van der Waals surface area contributed by atoms with Crippen molar-refractivity contribution in [1.29, 1.82) is 0 Å². The van der Waals surface area contributed by atoms with Gasteiger partial charge in [-0.15, -0.1) is 0 Å². The van der Waals surface area contributed by atoms with Crippen LogP contribution in [0.5, 0.6) is 0 Å². The van der Waals surface area contributed by atoms with Gasteiger partial charge >= 0.3 is 0 Å². The Labute approximate surface area is 90.4 Å². The Morgan fingerprint density at radius 1 is 1.07 bits per heavy atom. The Hall–Kier alpha value is -1.44. The molecule has 0 atom stereocenters. The number of benzene rings is 1. The maximum atomic E-state index is 4.60. The first-order chi connectivity index (χ1) is 7.04. The van der Waals surface area contributed by atoms with Crippen molar-refractivity contribution in [2.24, 2.45) is 5.41 Å². The molecular weight excluding hydrogens is 184 g/mol. The van der Waals surface area contributed by atoms with E-state index in [-0.39, 0.29) is 5.41 Å². The van der Waals surface area contributed by atoms with Gasteiger partial charge in [-0.25, -0.2) is 4.98 Å². The summed E-state index contributed by atoms with van der Waals surface area (Å²) in [6, 6.07) is 7.98. The fourth-order valence-corrected chi connectivity index (χ4v) is 1.62. The molecule has 2 aromatic rings. The van der Waals surface area contributed by atoms with E-state index in [1.165, 1.54) is 0 Å². The van der Waals surface area contributed by atoms with E-state index in [0.717, 1.165) is 23.1 Å². The predicted molar refractivity (Wildman–Crippen MR) is 62.7 cm³/mol. The summed E-state index contributed by atoms with van der Waals surface area (Å²) in [7, 11) is 0. The molecule has 0 aliphatic heterocycles. The van der Waals surface area contributed by atoms with Crippen molar-refractivity contribution in [2.75, 3.05) is 0 Å². The van der Waals surface area contributed by atoms with Crippen LogP contribution in [-0.2, 0) is 6.42 Å². The molecule has 0 N–H and O–H groups in total. The van der Waals surface area contributed by atoms with Crippen LogP contribution >= 0.6 is 0 Å². The zero-order valence-corrected chi connectivity index (χ0v) is 9.49. The molecule has 78 valence electrons. The number of rotatable bonds is 1. The lowest BCUT2D eigenvalue weighted by atomic mass is 9.91. The second kappa shape index (κ2) is 3.61. The molecule has 0 unspecified atom stereocenters. The number of para-hydroxylation sites is 2. The zero-order chi connectivity index (χ0) is 10.9. The summed E-state index contributed by atoms with van der Waals surface area (Å²) in [5.74, 6) is 0. The van der Waals surface area contributed by atoms with E-state index >= 15 is 0 Å². The molecular formula is C13H16N2. The van der Waals surface area contributed by atoms with Gasteiger partial charge in [-0.3, -0.25) is 4.98 Å². The number of aromatic nitrogens is 2. The Morgan fingerprint density at radius 2 is 1.73 bits per heavy atom. The van der Waals surface area contributed by atoms with E-state index in [1.54, 1.807) is 0 Å². The van der Waals surface area contributed by atoms with Crippen molar-refractivity contribution in [3.63, 3.8) is 0 Å². The lowest BCUT2D eigenvalue weighted by molar-refractivity contribution is 0.406. The maximum Gasteiger partial charge on any atom is 0.0890 e. The van der Waals surface area contributed by atoms with Crippen LogP contribution in [-0.4, -0.2) is 9.97 Å². The third-order valence-corrected chi connectivity index (χ3v) is 2.21. The largest absolute Gasteiger partial charge is 0.253 e. The lowest BCUT2D eigenvalue weighted by Crippen LogP contribution is -2.10. The number of hydrogen-bond acceptors (Lipinski definition) is 2.